The molecule has 0 aliphatic heterocycles. The van der Waals surface area contributed by atoms with Crippen molar-refractivity contribution in [3.63, 3.8) is 0 Å². The van der Waals surface area contributed by atoms with Gasteiger partial charge in [0.05, 0.1) is 6.61 Å². The Morgan fingerprint density at radius 1 is 0.694 bits per heavy atom. The van der Waals surface area contributed by atoms with E-state index in [4.69, 9.17) is 22.1 Å². The fraction of sp³-hybridized carbons (Fsp3) is 0.739. The van der Waals surface area contributed by atoms with E-state index in [9.17, 15) is 8.42 Å². The molecule has 0 aliphatic rings. The predicted octanol–water partition coefficient (Wildman–Crippen LogP) is 3.99. The van der Waals surface area contributed by atoms with Crippen LogP contribution in [0.5, 0.6) is 0 Å². The molecule has 0 fully saturated rings. The zero-order chi connectivity index (χ0) is 26.3. The fourth-order valence-electron chi connectivity index (χ4n) is 3.21. The van der Waals surface area contributed by atoms with Gasteiger partial charge in [0.15, 0.2) is 0 Å². The summed E-state index contributed by atoms with van der Waals surface area (Å²) >= 11 is 1.20. The Kier molecular flexibility index (Phi) is 37.4. The zero-order valence-corrected chi connectivity index (χ0v) is 24.7. The average molecular weight is 583 g/mol. The monoisotopic (exact) mass is 582 g/mol. The summed E-state index contributed by atoms with van der Waals surface area (Å²) in [6.45, 7) is 4.51. The van der Waals surface area contributed by atoms with Gasteiger partial charge < -0.3 is 0 Å². The fourth-order valence-corrected chi connectivity index (χ4v) is 4.15. The SMILES string of the molecule is CCCCCCCCCc1cccc[c]1[Na].CCCCCCCCOS(=O)(=O)O.O=S(=O)(O)O.[NaH].[NaH]. The van der Waals surface area contributed by atoms with Crippen molar-refractivity contribution in [3.8, 4) is 0 Å². The second-order valence-corrected chi connectivity index (χ2v) is 11.3. The summed E-state index contributed by atoms with van der Waals surface area (Å²) in [5.74, 6) is 0. The summed E-state index contributed by atoms with van der Waals surface area (Å²) in [6, 6.07) is 8.93. The summed E-state index contributed by atoms with van der Waals surface area (Å²) in [5, 5.41) is 0. The molecule has 1 rings (SSSR count). The number of aryl methyl sites for hydroxylation is 1. The van der Waals surface area contributed by atoms with Gasteiger partial charge in [0.2, 0.25) is 0 Å². The summed E-state index contributed by atoms with van der Waals surface area (Å²) < 4.78 is 65.7. The van der Waals surface area contributed by atoms with E-state index in [1.165, 1.54) is 98.6 Å². The van der Waals surface area contributed by atoms with Gasteiger partial charge in [-0.1, -0.05) is 39.0 Å². The first kappa shape index (κ1) is 45.0. The molecule has 0 atom stereocenters. The first-order valence-electron chi connectivity index (χ1n) is 12.3. The van der Waals surface area contributed by atoms with Crippen LogP contribution < -0.4 is 2.81 Å². The maximum absolute atomic E-state index is 10.1. The molecule has 200 valence electrons. The maximum atomic E-state index is 10.1. The van der Waals surface area contributed by atoms with Crippen LogP contribution in [0.3, 0.4) is 0 Å². The Labute approximate surface area is 282 Å². The van der Waals surface area contributed by atoms with Gasteiger partial charge in [-0.15, -0.1) is 0 Å². The van der Waals surface area contributed by atoms with Gasteiger partial charge in [0.25, 0.3) is 0 Å². The number of hydrogen-bond donors (Lipinski definition) is 3. The summed E-state index contributed by atoms with van der Waals surface area (Å²) in [4.78, 5) is 0. The second-order valence-electron chi connectivity index (χ2n) is 8.26. The van der Waals surface area contributed by atoms with E-state index in [-0.39, 0.29) is 65.7 Å². The van der Waals surface area contributed by atoms with E-state index in [1.54, 1.807) is 8.38 Å². The van der Waals surface area contributed by atoms with Crippen molar-refractivity contribution in [2.75, 3.05) is 6.61 Å². The van der Waals surface area contributed by atoms with Gasteiger partial charge in [0.1, 0.15) is 0 Å². The molecule has 0 heterocycles. The van der Waals surface area contributed by atoms with Gasteiger partial charge in [-0.2, -0.15) is 16.8 Å². The molecule has 0 spiro atoms. The van der Waals surface area contributed by atoms with Crippen LogP contribution in [0, 0.1) is 0 Å². The molecule has 0 aliphatic carbocycles. The quantitative estimate of drug-likeness (QED) is 0.151. The minimum atomic E-state index is -4.67. The third-order valence-corrected chi connectivity index (χ3v) is 6.48. The number of benzene rings is 1. The molecule has 0 aromatic heterocycles. The predicted molar refractivity (Wildman–Crippen MR) is 153 cm³/mol. The van der Waals surface area contributed by atoms with Crippen molar-refractivity contribution in [1.82, 2.24) is 0 Å². The third-order valence-electron chi connectivity index (χ3n) is 5.04. The first-order chi connectivity index (χ1) is 15.9. The van der Waals surface area contributed by atoms with Gasteiger partial charge in [-0.05, 0) is 6.42 Å². The van der Waals surface area contributed by atoms with Crippen molar-refractivity contribution in [1.29, 1.82) is 0 Å². The normalized spacial score (nSPS) is 10.6. The summed E-state index contributed by atoms with van der Waals surface area (Å²) in [7, 11) is -8.89. The zero-order valence-electron chi connectivity index (χ0n) is 21.1. The molecule has 0 unspecified atom stereocenters. The Morgan fingerprint density at radius 2 is 1.08 bits per heavy atom. The van der Waals surface area contributed by atoms with Crippen LogP contribution in [0.1, 0.15) is 103 Å². The number of rotatable bonds is 16. The van der Waals surface area contributed by atoms with Crippen LogP contribution in [0.2, 0.25) is 0 Å². The van der Waals surface area contributed by atoms with Crippen LogP contribution in [0.25, 0.3) is 0 Å². The molecule has 3 N–H and O–H groups in total. The molecule has 13 heteroatoms. The third kappa shape index (κ3) is 43.0. The standard InChI is InChI=1S/C15H23.C8H18O4S.3Na.H2O4S.2H/c1-2-3-4-5-6-7-9-12-15-13-10-8-11-14-15;1-2-3-4-5-6-7-8-12-13(9,10)11;;;;1-5(2,3)4;;/h8,10-11,13H,2-7,9,12H2,1H3;2-8H2,1H3,(H,9,10,11);;;;(H2,1,2,3,4);;. The van der Waals surface area contributed by atoms with Crippen LogP contribution in [-0.2, 0) is 31.4 Å². The van der Waals surface area contributed by atoms with Crippen LogP contribution in [0.4, 0.5) is 0 Å². The molecule has 1 aromatic carbocycles. The van der Waals surface area contributed by atoms with Gasteiger partial charge in [-0.25, -0.2) is 4.18 Å². The van der Waals surface area contributed by atoms with Gasteiger partial charge >= 0.3 is 199 Å². The Balaban J connectivity index is -0.000000232. The molecule has 0 amide bonds. The van der Waals surface area contributed by atoms with E-state index >= 15 is 0 Å². The molecule has 1 aromatic rings. The molecular weight excluding hydrogens is 537 g/mol. The topological polar surface area (TPSA) is 138 Å². The number of hydrogen-bond acceptors (Lipinski definition) is 5. The molecule has 0 bridgehead atoms. The molecule has 0 radical (unpaired) electrons. The van der Waals surface area contributed by atoms with Crippen LogP contribution in [0.15, 0.2) is 24.3 Å². The Bertz CT molecular complexity index is 799. The molecule has 8 nitrogen and oxygen atoms in total. The molecule has 0 saturated carbocycles. The van der Waals surface area contributed by atoms with E-state index in [0.717, 1.165) is 12.8 Å². The molecule has 0 saturated heterocycles. The first-order valence-corrected chi connectivity index (χ1v) is 16.0. The van der Waals surface area contributed by atoms with Crippen molar-refractivity contribution >= 4 is 111 Å². The summed E-state index contributed by atoms with van der Waals surface area (Å²) in [6.07, 6.45) is 17.5. The van der Waals surface area contributed by atoms with Crippen molar-refractivity contribution in [2.45, 2.75) is 104 Å². The average Bonchev–Trinajstić information content (AvgIpc) is 2.72. The summed E-state index contributed by atoms with van der Waals surface area (Å²) in [5.41, 5.74) is 1.60. The van der Waals surface area contributed by atoms with Crippen molar-refractivity contribution < 1.29 is 34.7 Å². The molecule has 36 heavy (non-hydrogen) atoms. The van der Waals surface area contributed by atoms with E-state index in [2.05, 4.69) is 42.3 Å². The minimum absolute atomic E-state index is 0. The Morgan fingerprint density at radius 3 is 1.50 bits per heavy atom. The van der Waals surface area contributed by atoms with Crippen LogP contribution in [-0.4, -0.2) is 124 Å². The van der Waals surface area contributed by atoms with Gasteiger partial charge in [0, 0.05) is 0 Å². The Hall–Kier alpha value is 1.96. The van der Waals surface area contributed by atoms with E-state index in [0.29, 0.717) is 6.42 Å². The van der Waals surface area contributed by atoms with Crippen LogP contribution >= 0.6 is 0 Å². The second kappa shape index (κ2) is 29.9. The van der Waals surface area contributed by atoms with Crippen molar-refractivity contribution in [3.05, 3.63) is 29.8 Å². The van der Waals surface area contributed by atoms with E-state index < -0.39 is 20.8 Å². The van der Waals surface area contributed by atoms with E-state index in [1.807, 2.05) is 0 Å². The van der Waals surface area contributed by atoms with Crippen molar-refractivity contribution in [2.24, 2.45) is 0 Å². The van der Waals surface area contributed by atoms with Gasteiger partial charge in [-0.3, -0.25) is 13.7 Å². The number of unbranched alkanes of at least 4 members (excludes halogenated alkanes) is 11. The molecular formula is C23H45Na3O8S2.